The van der Waals surface area contributed by atoms with Gasteiger partial charge in [0.2, 0.25) is 0 Å². The Morgan fingerprint density at radius 2 is 2.05 bits per heavy atom. The molecule has 1 aromatic carbocycles. The second-order valence-corrected chi connectivity index (χ2v) is 5.31. The number of amides is 2. The van der Waals surface area contributed by atoms with Gasteiger partial charge in [-0.2, -0.15) is 0 Å². The van der Waals surface area contributed by atoms with Crippen molar-refractivity contribution in [2.45, 2.75) is 45.8 Å². The Balaban J connectivity index is 2.23. The molecule has 0 aliphatic heterocycles. The third kappa shape index (κ3) is 7.68. The standard InChI is InChI=1S/C16H26N2O3/c1-12(2)21-10-5-4-9-17-16(20)18-15-8-6-7-14(11-15)13(3)19/h6-8,11-13,19H,4-5,9-10H2,1-3H3,(H2,17,18,20). The Morgan fingerprint density at radius 3 is 2.71 bits per heavy atom. The average molecular weight is 294 g/mol. The maximum Gasteiger partial charge on any atom is 0.319 e. The van der Waals surface area contributed by atoms with Crippen LogP contribution in [-0.4, -0.2) is 30.4 Å². The third-order valence-corrected chi connectivity index (χ3v) is 2.93. The minimum Gasteiger partial charge on any atom is -0.389 e. The number of hydrogen-bond donors (Lipinski definition) is 3. The van der Waals surface area contributed by atoms with Gasteiger partial charge in [-0.05, 0) is 51.3 Å². The van der Waals surface area contributed by atoms with Gasteiger partial charge < -0.3 is 20.5 Å². The van der Waals surface area contributed by atoms with Gasteiger partial charge in [0.05, 0.1) is 12.2 Å². The summed E-state index contributed by atoms with van der Waals surface area (Å²) in [4.78, 5) is 11.7. The maximum absolute atomic E-state index is 11.7. The molecule has 0 heterocycles. The number of carbonyl (C=O) groups excluding carboxylic acids is 1. The van der Waals surface area contributed by atoms with Crippen LogP contribution in [0.4, 0.5) is 10.5 Å². The Morgan fingerprint density at radius 1 is 1.29 bits per heavy atom. The van der Waals surface area contributed by atoms with Crippen LogP contribution in [0.3, 0.4) is 0 Å². The molecule has 1 aromatic rings. The molecule has 0 spiro atoms. The number of urea groups is 1. The first-order chi connectivity index (χ1) is 9.99. The van der Waals surface area contributed by atoms with Crippen LogP contribution in [-0.2, 0) is 4.74 Å². The number of anilines is 1. The van der Waals surface area contributed by atoms with Crippen LogP contribution in [0.2, 0.25) is 0 Å². The molecule has 0 saturated heterocycles. The van der Waals surface area contributed by atoms with E-state index in [1.54, 1.807) is 25.1 Å². The lowest BCUT2D eigenvalue weighted by molar-refractivity contribution is 0.0761. The quantitative estimate of drug-likeness (QED) is 0.645. The van der Waals surface area contributed by atoms with Crippen LogP contribution in [0, 0.1) is 0 Å². The van der Waals surface area contributed by atoms with Gasteiger partial charge in [0.1, 0.15) is 0 Å². The van der Waals surface area contributed by atoms with Crippen LogP contribution in [0.15, 0.2) is 24.3 Å². The first-order valence-corrected chi connectivity index (χ1v) is 7.43. The topological polar surface area (TPSA) is 70.6 Å². The summed E-state index contributed by atoms with van der Waals surface area (Å²) in [7, 11) is 0. The van der Waals surface area contributed by atoms with Crippen LogP contribution in [0.25, 0.3) is 0 Å². The predicted octanol–water partition coefficient (Wildman–Crippen LogP) is 3.07. The number of hydrogen-bond acceptors (Lipinski definition) is 3. The fraction of sp³-hybridized carbons (Fsp3) is 0.562. The van der Waals surface area contributed by atoms with E-state index in [4.69, 9.17) is 4.74 Å². The molecule has 0 aromatic heterocycles. The van der Waals surface area contributed by atoms with E-state index in [1.165, 1.54) is 0 Å². The molecular weight excluding hydrogens is 268 g/mol. The minimum atomic E-state index is -0.546. The molecular formula is C16H26N2O3. The Bertz CT molecular complexity index is 433. The van der Waals surface area contributed by atoms with Crippen molar-refractivity contribution < 1.29 is 14.6 Å². The molecule has 1 unspecified atom stereocenters. The van der Waals surface area contributed by atoms with E-state index < -0.39 is 6.10 Å². The summed E-state index contributed by atoms with van der Waals surface area (Å²) < 4.78 is 5.43. The lowest BCUT2D eigenvalue weighted by Crippen LogP contribution is -2.29. The van der Waals surface area contributed by atoms with Gasteiger partial charge in [-0.25, -0.2) is 4.79 Å². The number of unbranched alkanes of at least 4 members (excludes halogenated alkanes) is 1. The molecule has 0 saturated carbocycles. The number of aliphatic hydroxyl groups excluding tert-OH is 1. The molecule has 2 amide bonds. The zero-order valence-electron chi connectivity index (χ0n) is 13.1. The zero-order valence-corrected chi connectivity index (χ0v) is 13.1. The normalized spacial score (nSPS) is 12.2. The Kier molecular flexibility index (Phi) is 7.79. The highest BCUT2D eigenvalue weighted by Gasteiger charge is 2.04. The SMILES string of the molecule is CC(C)OCCCCNC(=O)Nc1cccc(C(C)O)c1. The van der Waals surface area contributed by atoms with Crippen molar-refractivity contribution in [3.05, 3.63) is 29.8 Å². The summed E-state index contributed by atoms with van der Waals surface area (Å²) in [6.45, 7) is 7.04. The lowest BCUT2D eigenvalue weighted by Gasteiger charge is -2.10. The number of benzene rings is 1. The molecule has 5 nitrogen and oxygen atoms in total. The summed E-state index contributed by atoms with van der Waals surface area (Å²) in [6, 6.07) is 6.95. The molecule has 0 radical (unpaired) electrons. The number of carbonyl (C=O) groups is 1. The van der Waals surface area contributed by atoms with Crippen molar-refractivity contribution in [2.75, 3.05) is 18.5 Å². The Hall–Kier alpha value is -1.59. The number of nitrogens with one attached hydrogen (secondary N) is 2. The first-order valence-electron chi connectivity index (χ1n) is 7.43. The van der Waals surface area contributed by atoms with E-state index in [0.717, 1.165) is 25.0 Å². The van der Waals surface area contributed by atoms with Crippen molar-refractivity contribution in [1.82, 2.24) is 5.32 Å². The molecule has 118 valence electrons. The summed E-state index contributed by atoms with van der Waals surface area (Å²) in [5.41, 5.74) is 1.45. The molecule has 0 aliphatic rings. The highest BCUT2D eigenvalue weighted by atomic mass is 16.5. The fourth-order valence-corrected chi connectivity index (χ4v) is 1.80. The highest BCUT2D eigenvalue weighted by Crippen LogP contribution is 2.16. The molecule has 0 fully saturated rings. The van der Waals surface area contributed by atoms with Crippen molar-refractivity contribution in [3.8, 4) is 0 Å². The van der Waals surface area contributed by atoms with Gasteiger partial charge >= 0.3 is 6.03 Å². The number of ether oxygens (including phenoxy) is 1. The molecule has 21 heavy (non-hydrogen) atoms. The van der Waals surface area contributed by atoms with Crippen LogP contribution in [0.1, 0.15) is 45.3 Å². The second kappa shape index (κ2) is 9.37. The largest absolute Gasteiger partial charge is 0.389 e. The van der Waals surface area contributed by atoms with Crippen molar-refractivity contribution >= 4 is 11.7 Å². The summed E-state index contributed by atoms with van der Waals surface area (Å²) >= 11 is 0. The average Bonchev–Trinajstić information content (AvgIpc) is 2.42. The summed E-state index contributed by atoms with van der Waals surface area (Å²) in [5.74, 6) is 0. The molecule has 1 atom stereocenters. The van der Waals surface area contributed by atoms with Gasteiger partial charge in [-0.1, -0.05) is 12.1 Å². The maximum atomic E-state index is 11.7. The second-order valence-electron chi connectivity index (χ2n) is 5.31. The third-order valence-electron chi connectivity index (χ3n) is 2.93. The van der Waals surface area contributed by atoms with Crippen LogP contribution >= 0.6 is 0 Å². The fourth-order valence-electron chi connectivity index (χ4n) is 1.80. The van der Waals surface area contributed by atoms with Gasteiger partial charge in [-0.3, -0.25) is 0 Å². The number of aliphatic hydroxyl groups is 1. The van der Waals surface area contributed by atoms with Gasteiger partial charge in [0, 0.05) is 18.8 Å². The smallest absolute Gasteiger partial charge is 0.319 e. The monoisotopic (exact) mass is 294 g/mol. The predicted molar refractivity (Wildman–Crippen MR) is 84.4 cm³/mol. The van der Waals surface area contributed by atoms with Crippen LogP contribution in [0.5, 0.6) is 0 Å². The van der Waals surface area contributed by atoms with E-state index in [1.807, 2.05) is 19.9 Å². The summed E-state index contributed by atoms with van der Waals surface area (Å²) in [6.07, 6.45) is 1.52. The van der Waals surface area contributed by atoms with Crippen molar-refractivity contribution in [1.29, 1.82) is 0 Å². The molecule has 3 N–H and O–H groups in total. The van der Waals surface area contributed by atoms with Crippen molar-refractivity contribution in [2.24, 2.45) is 0 Å². The molecule has 0 aliphatic carbocycles. The molecule has 5 heteroatoms. The van der Waals surface area contributed by atoms with E-state index in [2.05, 4.69) is 10.6 Å². The zero-order chi connectivity index (χ0) is 15.7. The number of rotatable bonds is 8. The lowest BCUT2D eigenvalue weighted by atomic mass is 10.1. The van der Waals surface area contributed by atoms with Gasteiger partial charge in [-0.15, -0.1) is 0 Å². The van der Waals surface area contributed by atoms with E-state index in [-0.39, 0.29) is 12.1 Å². The first kappa shape index (κ1) is 17.5. The van der Waals surface area contributed by atoms with E-state index in [0.29, 0.717) is 12.2 Å². The van der Waals surface area contributed by atoms with Gasteiger partial charge in [0.25, 0.3) is 0 Å². The molecule has 0 bridgehead atoms. The highest BCUT2D eigenvalue weighted by molar-refractivity contribution is 5.89. The van der Waals surface area contributed by atoms with Crippen LogP contribution < -0.4 is 10.6 Å². The Labute approximate surface area is 126 Å². The van der Waals surface area contributed by atoms with E-state index >= 15 is 0 Å². The summed E-state index contributed by atoms with van der Waals surface area (Å²) in [5, 5.41) is 15.1. The minimum absolute atomic E-state index is 0.234. The van der Waals surface area contributed by atoms with E-state index in [9.17, 15) is 9.90 Å². The van der Waals surface area contributed by atoms with Gasteiger partial charge in [0.15, 0.2) is 0 Å². The van der Waals surface area contributed by atoms with Crippen molar-refractivity contribution in [3.63, 3.8) is 0 Å². The molecule has 1 rings (SSSR count).